The fourth-order valence-electron chi connectivity index (χ4n) is 4.49. The number of furan rings is 1. The second kappa shape index (κ2) is 9.51. The summed E-state index contributed by atoms with van der Waals surface area (Å²) in [6.45, 7) is 8.33. The van der Waals surface area contributed by atoms with Crippen molar-refractivity contribution in [1.82, 2.24) is 15.0 Å². The number of aromatic nitrogens is 3. The maximum Gasteiger partial charge on any atom is 0.164 e. The number of fused-ring (bicyclic) bond motifs is 1. The van der Waals surface area contributed by atoms with E-state index in [1.807, 2.05) is 84.9 Å². The third kappa shape index (κ3) is 4.26. The van der Waals surface area contributed by atoms with Crippen LogP contribution in [0, 0.1) is 0 Å². The third-order valence-electron chi connectivity index (χ3n) is 6.28. The molecule has 0 radical (unpaired) electrons. The molecule has 0 spiro atoms. The zero-order valence-corrected chi connectivity index (χ0v) is 20.1. The van der Waals surface area contributed by atoms with Gasteiger partial charge in [-0.25, -0.2) is 15.0 Å². The fourth-order valence-corrected chi connectivity index (χ4v) is 4.49. The molecule has 0 aliphatic carbocycles. The summed E-state index contributed by atoms with van der Waals surface area (Å²) in [5, 5.41) is 1.76. The molecule has 0 bridgehead atoms. The zero-order chi connectivity index (χ0) is 25.2. The van der Waals surface area contributed by atoms with E-state index >= 15 is 0 Å². The molecule has 2 heterocycles. The second-order valence-electron chi connectivity index (χ2n) is 8.63. The summed E-state index contributed by atoms with van der Waals surface area (Å²) in [5.41, 5.74) is 6.06. The van der Waals surface area contributed by atoms with Crippen molar-refractivity contribution in [3.8, 4) is 33.9 Å². The Hall–Kier alpha value is -5.09. The lowest BCUT2D eigenvalue weighted by molar-refractivity contribution is 0.577. The quantitative estimate of drug-likeness (QED) is 0.288. The minimum atomic E-state index is 0.514. The molecule has 37 heavy (non-hydrogen) atoms. The lowest BCUT2D eigenvalue weighted by Gasteiger charge is -2.09. The normalized spacial score (nSPS) is 11.9. The van der Waals surface area contributed by atoms with Crippen LogP contribution in [0.4, 0.5) is 0 Å². The molecule has 0 saturated carbocycles. The van der Waals surface area contributed by atoms with Crippen LogP contribution < -0.4 is 10.6 Å². The Kier molecular flexibility index (Phi) is 5.75. The van der Waals surface area contributed by atoms with Crippen LogP contribution in [-0.4, -0.2) is 15.0 Å². The highest BCUT2D eigenvalue weighted by molar-refractivity contribution is 5.88. The molecule has 0 amide bonds. The van der Waals surface area contributed by atoms with Gasteiger partial charge in [-0.2, -0.15) is 0 Å². The van der Waals surface area contributed by atoms with Crippen molar-refractivity contribution in [2.24, 2.45) is 0 Å². The molecule has 0 saturated heterocycles. The van der Waals surface area contributed by atoms with E-state index < -0.39 is 0 Å². The monoisotopic (exact) mass is 477 g/mol. The molecule has 0 aliphatic heterocycles. The SMILES string of the molecule is C=C/C(c1nc(-c2ccccc2)nc(-c2ccccc2)n1)=c1\c(=C)oc2ccc(-c3ccccc3)cc12. The number of hydrogen-bond donors (Lipinski definition) is 0. The number of allylic oxidation sites excluding steroid dienone is 1. The van der Waals surface area contributed by atoms with Gasteiger partial charge < -0.3 is 4.42 Å². The van der Waals surface area contributed by atoms with Crippen LogP contribution in [0.2, 0.25) is 0 Å². The highest BCUT2D eigenvalue weighted by Gasteiger charge is 2.15. The maximum atomic E-state index is 6.07. The number of rotatable bonds is 5. The average Bonchev–Trinajstić information content (AvgIpc) is 3.29. The van der Waals surface area contributed by atoms with Crippen molar-refractivity contribution in [3.05, 3.63) is 138 Å². The predicted molar refractivity (Wildman–Crippen MR) is 150 cm³/mol. The van der Waals surface area contributed by atoms with Crippen molar-refractivity contribution < 1.29 is 4.42 Å². The Morgan fingerprint density at radius 2 is 1.16 bits per heavy atom. The Balaban J connectivity index is 1.65. The molecule has 4 nitrogen and oxygen atoms in total. The van der Waals surface area contributed by atoms with Crippen LogP contribution in [0.1, 0.15) is 5.82 Å². The van der Waals surface area contributed by atoms with E-state index in [4.69, 9.17) is 19.4 Å². The number of hydrogen-bond acceptors (Lipinski definition) is 4. The molecule has 0 atom stereocenters. The summed E-state index contributed by atoms with van der Waals surface area (Å²) in [5.74, 6) is 1.69. The van der Waals surface area contributed by atoms with Gasteiger partial charge in [-0.05, 0) is 23.3 Å². The highest BCUT2D eigenvalue weighted by Crippen LogP contribution is 2.25. The largest absolute Gasteiger partial charge is 0.457 e. The van der Waals surface area contributed by atoms with Gasteiger partial charge in [-0.3, -0.25) is 0 Å². The van der Waals surface area contributed by atoms with Crippen LogP contribution in [0.15, 0.2) is 126 Å². The van der Waals surface area contributed by atoms with E-state index in [2.05, 4.69) is 37.4 Å². The van der Waals surface area contributed by atoms with Crippen LogP contribution in [0.5, 0.6) is 0 Å². The summed E-state index contributed by atoms with van der Waals surface area (Å²) in [6, 6.07) is 36.2. The molecule has 2 aromatic heterocycles. The molecule has 0 unspecified atom stereocenters. The topological polar surface area (TPSA) is 51.8 Å². The van der Waals surface area contributed by atoms with Gasteiger partial charge in [0.15, 0.2) is 17.5 Å². The zero-order valence-electron chi connectivity index (χ0n) is 20.1. The molecule has 0 N–H and O–H groups in total. The van der Waals surface area contributed by atoms with Crippen LogP contribution in [-0.2, 0) is 0 Å². The first kappa shape index (κ1) is 22.4. The van der Waals surface area contributed by atoms with E-state index in [0.717, 1.165) is 44.0 Å². The number of benzene rings is 4. The van der Waals surface area contributed by atoms with Gasteiger partial charge in [0.25, 0.3) is 0 Å². The first-order chi connectivity index (χ1) is 18.2. The predicted octanol–water partition coefficient (Wildman–Crippen LogP) is 6.41. The average molecular weight is 478 g/mol. The molecule has 6 aromatic rings. The van der Waals surface area contributed by atoms with Crippen LogP contribution >= 0.6 is 0 Å². The van der Waals surface area contributed by atoms with Crippen LogP contribution in [0.25, 0.3) is 57.0 Å². The summed E-state index contributed by atoms with van der Waals surface area (Å²) in [7, 11) is 0. The Morgan fingerprint density at radius 3 is 1.70 bits per heavy atom. The number of nitrogens with zero attached hydrogens (tertiary/aromatic N) is 3. The van der Waals surface area contributed by atoms with Gasteiger partial charge in [0.1, 0.15) is 11.0 Å². The summed E-state index contributed by atoms with van der Waals surface area (Å²) >= 11 is 0. The van der Waals surface area contributed by atoms with E-state index in [-0.39, 0.29) is 0 Å². The van der Waals surface area contributed by atoms with Gasteiger partial charge in [0, 0.05) is 27.3 Å². The molecule has 6 rings (SSSR count). The summed E-state index contributed by atoms with van der Waals surface area (Å²) < 4.78 is 6.07. The Labute approximate surface area is 214 Å². The summed E-state index contributed by atoms with van der Waals surface area (Å²) in [4.78, 5) is 14.6. The van der Waals surface area contributed by atoms with Crippen molar-refractivity contribution in [3.63, 3.8) is 0 Å². The molecule has 4 aromatic carbocycles. The molecule has 176 valence electrons. The van der Waals surface area contributed by atoms with E-state index in [0.29, 0.717) is 22.9 Å². The lowest BCUT2D eigenvalue weighted by atomic mass is 10.0. The molecular formula is C33H23N3O. The molecule has 0 aliphatic rings. The second-order valence-corrected chi connectivity index (χ2v) is 8.63. The first-order valence-electron chi connectivity index (χ1n) is 12.0. The molecule has 0 fully saturated rings. The summed E-state index contributed by atoms with van der Waals surface area (Å²) in [6.07, 6.45) is 1.77. The Bertz CT molecular complexity index is 1780. The first-order valence-corrected chi connectivity index (χ1v) is 12.0. The highest BCUT2D eigenvalue weighted by atomic mass is 16.3. The van der Waals surface area contributed by atoms with Crippen molar-refractivity contribution >= 4 is 23.1 Å². The lowest BCUT2D eigenvalue weighted by Crippen LogP contribution is -2.23. The minimum absolute atomic E-state index is 0.514. The standard InChI is InChI=1S/C33H23N3O/c1-3-27(30-22(2)37-29-20-19-26(21-28(29)30)23-13-7-4-8-14-23)33-35-31(24-15-9-5-10-16-24)34-32(36-33)25-17-11-6-12-18-25/h3-21H,1-2H2/b30-27-. The fraction of sp³-hybridized carbons (Fsp3) is 0. The minimum Gasteiger partial charge on any atom is -0.457 e. The van der Waals surface area contributed by atoms with Crippen molar-refractivity contribution in [2.45, 2.75) is 0 Å². The van der Waals surface area contributed by atoms with E-state index in [1.165, 1.54) is 0 Å². The van der Waals surface area contributed by atoms with E-state index in [1.54, 1.807) is 6.08 Å². The van der Waals surface area contributed by atoms with Gasteiger partial charge in [-0.1, -0.05) is 116 Å². The molecule has 4 heteroatoms. The van der Waals surface area contributed by atoms with E-state index in [9.17, 15) is 0 Å². The van der Waals surface area contributed by atoms with Crippen LogP contribution in [0.3, 0.4) is 0 Å². The van der Waals surface area contributed by atoms with Gasteiger partial charge in [0.2, 0.25) is 0 Å². The maximum absolute atomic E-state index is 6.07. The third-order valence-corrected chi connectivity index (χ3v) is 6.28. The van der Waals surface area contributed by atoms with Gasteiger partial charge >= 0.3 is 0 Å². The Morgan fingerprint density at radius 1 is 0.622 bits per heavy atom. The van der Waals surface area contributed by atoms with Crippen molar-refractivity contribution in [2.75, 3.05) is 0 Å². The van der Waals surface area contributed by atoms with Crippen molar-refractivity contribution in [1.29, 1.82) is 0 Å². The smallest absolute Gasteiger partial charge is 0.164 e. The van der Waals surface area contributed by atoms with Gasteiger partial charge in [0.05, 0.1) is 0 Å². The van der Waals surface area contributed by atoms with Gasteiger partial charge in [-0.15, -0.1) is 0 Å². The molecular weight excluding hydrogens is 454 g/mol.